The Balaban J connectivity index is 1.58. The summed E-state index contributed by atoms with van der Waals surface area (Å²) in [6.07, 6.45) is 3.71. The third-order valence-electron chi connectivity index (χ3n) is 4.57. The smallest absolute Gasteiger partial charge is 0.234 e. The Hall–Kier alpha value is -1.39. The predicted octanol–water partition coefficient (Wildman–Crippen LogP) is 2.29. The molecule has 120 valence electrons. The van der Waals surface area contributed by atoms with Gasteiger partial charge in [0.25, 0.3) is 0 Å². The summed E-state index contributed by atoms with van der Waals surface area (Å²) in [5.74, 6) is 0.128. The molecule has 3 rings (SSSR count). The van der Waals surface area contributed by atoms with Crippen LogP contribution >= 0.6 is 0 Å². The molecular formula is C18H26N2O2. The number of nitrogens with one attached hydrogen (secondary N) is 1. The van der Waals surface area contributed by atoms with Crippen LogP contribution < -0.4 is 5.32 Å². The van der Waals surface area contributed by atoms with Crippen molar-refractivity contribution in [3.05, 3.63) is 35.4 Å². The predicted molar refractivity (Wildman–Crippen MR) is 86.7 cm³/mol. The summed E-state index contributed by atoms with van der Waals surface area (Å²) in [6.45, 7) is 6.27. The van der Waals surface area contributed by atoms with Crippen LogP contribution in [0.4, 0.5) is 0 Å². The first-order valence-electron chi connectivity index (χ1n) is 8.37. The second kappa shape index (κ2) is 6.80. The van der Waals surface area contributed by atoms with Gasteiger partial charge in [0.1, 0.15) is 0 Å². The highest BCUT2D eigenvalue weighted by molar-refractivity contribution is 5.78. The molecule has 1 aromatic carbocycles. The molecule has 4 nitrogen and oxygen atoms in total. The van der Waals surface area contributed by atoms with E-state index in [1.807, 2.05) is 0 Å². The second-order valence-electron chi connectivity index (χ2n) is 6.66. The molecule has 4 heteroatoms. The van der Waals surface area contributed by atoms with Crippen molar-refractivity contribution in [1.82, 2.24) is 10.2 Å². The molecule has 0 saturated carbocycles. The Kier molecular flexibility index (Phi) is 4.79. The molecule has 0 aromatic heterocycles. The van der Waals surface area contributed by atoms with Crippen molar-refractivity contribution < 1.29 is 9.53 Å². The third-order valence-corrected chi connectivity index (χ3v) is 4.57. The molecule has 2 aliphatic rings. The van der Waals surface area contributed by atoms with E-state index in [0.29, 0.717) is 6.54 Å². The molecule has 1 aliphatic carbocycles. The van der Waals surface area contributed by atoms with Gasteiger partial charge in [-0.1, -0.05) is 24.3 Å². The molecular weight excluding hydrogens is 276 g/mol. The maximum absolute atomic E-state index is 12.4. The SMILES string of the molecule is C[C@@H]1CN(CC(=O)N[C@H]2CCCc3ccccc32)C[C@@H](C)O1. The van der Waals surface area contributed by atoms with Crippen molar-refractivity contribution in [2.45, 2.75) is 51.4 Å². The summed E-state index contributed by atoms with van der Waals surface area (Å²) in [5.41, 5.74) is 2.68. The third kappa shape index (κ3) is 3.68. The first kappa shape index (κ1) is 15.5. The number of ether oxygens (including phenoxy) is 1. The number of morpholine rings is 1. The summed E-state index contributed by atoms with van der Waals surface area (Å²) >= 11 is 0. The second-order valence-corrected chi connectivity index (χ2v) is 6.66. The van der Waals surface area contributed by atoms with Gasteiger partial charge in [0.2, 0.25) is 5.91 Å². The molecule has 1 fully saturated rings. The van der Waals surface area contributed by atoms with Gasteiger partial charge in [0.15, 0.2) is 0 Å². The number of hydrogen-bond donors (Lipinski definition) is 1. The Morgan fingerprint density at radius 2 is 2.00 bits per heavy atom. The van der Waals surface area contributed by atoms with Crippen LogP contribution in [0, 0.1) is 0 Å². The number of carbonyl (C=O) groups excluding carboxylic acids is 1. The lowest BCUT2D eigenvalue weighted by molar-refractivity contribution is -0.126. The fraction of sp³-hybridized carbons (Fsp3) is 0.611. The van der Waals surface area contributed by atoms with Crippen molar-refractivity contribution >= 4 is 5.91 Å². The van der Waals surface area contributed by atoms with E-state index in [2.05, 4.69) is 48.3 Å². The highest BCUT2D eigenvalue weighted by Gasteiger charge is 2.26. The molecule has 1 heterocycles. The number of fused-ring (bicyclic) bond motifs is 1. The average Bonchev–Trinajstić information content (AvgIpc) is 2.46. The fourth-order valence-electron chi connectivity index (χ4n) is 3.76. The standard InChI is InChI=1S/C18H26N2O2/c1-13-10-20(11-14(2)22-13)12-18(21)19-17-9-5-7-15-6-3-4-8-16(15)17/h3-4,6,8,13-14,17H,5,7,9-12H2,1-2H3,(H,19,21)/t13-,14-,17+/m1/s1. The lowest BCUT2D eigenvalue weighted by atomic mass is 9.88. The normalized spacial score (nSPS) is 28.9. The van der Waals surface area contributed by atoms with Crippen LogP contribution in [0.25, 0.3) is 0 Å². The van der Waals surface area contributed by atoms with E-state index >= 15 is 0 Å². The first-order valence-corrected chi connectivity index (χ1v) is 8.37. The van der Waals surface area contributed by atoms with E-state index in [4.69, 9.17) is 4.74 Å². The molecule has 0 bridgehead atoms. The quantitative estimate of drug-likeness (QED) is 0.931. The molecule has 0 radical (unpaired) electrons. The topological polar surface area (TPSA) is 41.6 Å². The summed E-state index contributed by atoms with van der Waals surface area (Å²) in [5, 5.41) is 3.23. The number of amides is 1. The highest BCUT2D eigenvalue weighted by Crippen LogP contribution is 2.29. The molecule has 0 unspecified atom stereocenters. The van der Waals surface area contributed by atoms with Gasteiger partial charge in [0, 0.05) is 13.1 Å². The van der Waals surface area contributed by atoms with E-state index in [9.17, 15) is 4.79 Å². The van der Waals surface area contributed by atoms with Gasteiger partial charge < -0.3 is 10.1 Å². The summed E-state index contributed by atoms with van der Waals surface area (Å²) in [6, 6.07) is 8.65. The Bertz CT molecular complexity index is 522. The zero-order chi connectivity index (χ0) is 15.5. The monoisotopic (exact) mass is 302 g/mol. The van der Waals surface area contributed by atoms with Crippen molar-refractivity contribution in [2.75, 3.05) is 19.6 Å². The lowest BCUT2D eigenvalue weighted by Crippen LogP contribution is -2.49. The van der Waals surface area contributed by atoms with Crippen molar-refractivity contribution in [3.63, 3.8) is 0 Å². The van der Waals surface area contributed by atoms with Crippen LogP contribution in [0.1, 0.15) is 43.9 Å². The average molecular weight is 302 g/mol. The summed E-state index contributed by atoms with van der Waals surface area (Å²) < 4.78 is 5.72. The van der Waals surface area contributed by atoms with E-state index < -0.39 is 0 Å². The van der Waals surface area contributed by atoms with E-state index in [1.54, 1.807) is 0 Å². The molecule has 3 atom stereocenters. The van der Waals surface area contributed by atoms with Crippen molar-refractivity contribution in [3.8, 4) is 0 Å². The lowest BCUT2D eigenvalue weighted by Gasteiger charge is -2.35. The van der Waals surface area contributed by atoms with Gasteiger partial charge in [-0.05, 0) is 44.2 Å². The highest BCUT2D eigenvalue weighted by atomic mass is 16.5. The van der Waals surface area contributed by atoms with Crippen LogP contribution in [0.3, 0.4) is 0 Å². The molecule has 22 heavy (non-hydrogen) atoms. The number of rotatable bonds is 3. The van der Waals surface area contributed by atoms with Gasteiger partial charge in [0.05, 0.1) is 24.8 Å². The van der Waals surface area contributed by atoms with Gasteiger partial charge in [-0.15, -0.1) is 0 Å². The van der Waals surface area contributed by atoms with E-state index in [1.165, 1.54) is 11.1 Å². The van der Waals surface area contributed by atoms with Gasteiger partial charge in [-0.25, -0.2) is 0 Å². The molecule has 1 N–H and O–H groups in total. The fourth-order valence-corrected chi connectivity index (χ4v) is 3.76. The zero-order valence-electron chi connectivity index (χ0n) is 13.5. The molecule has 1 aliphatic heterocycles. The van der Waals surface area contributed by atoms with E-state index in [-0.39, 0.29) is 24.2 Å². The van der Waals surface area contributed by atoms with Crippen LogP contribution in [-0.2, 0) is 16.0 Å². The largest absolute Gasteiger partial charge is 0.373 e. The minimum absolute atomic E-state index is 0.128. The van der Waals surface area contributed by atoms with Crippen molar-refractivity contribution in [2.24, 2.45) is 0 Å². The van der Waals surface area contributed by atoms with Gasteiger partial charge >= 0.3 is 0 Å². The Morgan fingerprint density at radius 3 is 2.77 bits per heavy atom. The Labute approximate surface area is 132 Å². The number of hydrogen-bond acceptors (Lipinski definition) is 3. The van der Waals surface area contributed by atoms with Crippen LogP contribution in [-0.4, -0.2) is 42.6 Å². The number of carbonyl (C=O) groups is 1. The van der Waals surface area contributed by atoms with Crippen LogP contribution in [0.5, 0.6) is 0 Å². The Morgan fingerprint density at radius 1 is 1.27 bits per heavy atom. The number of benzene rings is 1. The zero-order valence-corrected chi connectivity index (χ0v) is 13.5. The maximum Gasteiger partial charge on any atom is 0.234 e. The molecule has 1 amide bonds. The van der Waals surface area contributed by atoms with Crippen LogP contribution in [0.15, 0.2) is 24.3 Å². The van der Waals surface area contributed by atoms with E-state index in [0.717, 1.165) is 32.4 Å². The van der Waals surface area contributed by atoms with Gasteiger partial charge in [-0.3, -0.25) is 9.69 Å². The molecule has 1 saturated heterocycles. The first-order chi connectivity index (χ1) is 10.6. The number of aryl methyl sites for hydroxylation is 1. The van der Waals surface area contributed by atoms with Crippen LogP contribution in [0.2, 0.25) is 0 Å². The molecule has 0 spiro atoms. The minimum Gasteiger partial charge on any atom is -0.373 e. The van der Waals surface area contributed by atoms with Crippen molar-refractivity contribution in [1.29, 1.82) is 0 Å². The van der Waals surface area contributed by atoms with Gasteiger partial charge in [-0.2, -0.15) is 0 Å². The maximum atomic E-state index is 12.4. The minimum atomic E-state index is 0.128. The number of nitrogens with zero attached hydrogens (tertiary/aromatic N) is 1. The molecule has 1 aromatic rings. The summed E-state index contributed by atoms with van der Waals surface area (Å²) in [4.78, 5) is 14.6. The summed E-state index contributed by atoms with van der Waals surface area (Å²) in [7, 11) is 0.